The second-order valence-corrected chi connectivity index (χ2v) is 4.45. The molecule has 0 aliphatic heterocycles. The third-order valence-corrected chi connectivity index (χ3v) is 3.18. The Morgan fingerprint density at radius 3 is 2.62 bits per heavy atom. The lowest BCUT2D eigenvalue weighted by molar-refractivity contribution is -0.116. The minimum atomic E-state index is -0.425. The Labute approximate surface area is 100 Å². The summed E-state index contributed by atoms with van der Waals surface area (Å²) in [7, 11) is 0. The Hall–Kier alpha value is -1.34. The fourth-order valence-electron chi connectivity index (χ4n) is 1.81. The molecule has 1 unspecified atom stereocenters. The lowest BCUT2D eigenvalue weighted by atomic mass is 10.00. The fraction of sp³-hybridized carbons (Fsp3) is 0.214. The summed E-state index contributed by atoms with van der Waals surface area (Å²) >= 11 is 6.00. The summed E-state index contributed by atoms with van der Waals surface area (Å²) in [6.45, 7) is 1.53. The summed E-state index contributed by atoms with van der Waals surface area (Å²) in [6, 6.07) is 14.2. The number of rotatable bonds is 3. The zero-order valence-electron chi connectivity index (χ0n) is 9.11. The first-order valence-electron chi connectivity index (χ1n) is 5.29. The Bertz CT molecular complexity index is 514. The van der Waals surface area contributed by atoms with Crippen LogP contribution in [-0.2, 0) is 11.2 Å². The minimum Gasteiger partial charge on any atom is -0.298 e. The van der Waals surface area contributed by atoms with Crippen LogP contribution < -0.4 is 0 Å². The van der Waals surface area contributed by atoms with Gasteiger partial charge in [-0.3, -0.25) is 4.79 Å². The van der Waals surface area contributed by atoms with Gasteiger partial charge in [-0.15, -0.1) is 11.6 Å². The molecule has 0 radical (unpaired) electrons. The maximum Gasteiger partial charge on any atom is 0.147 e. The molecule has 0 amide bonds. The van der Waals surface area contributed by atoms with Crippen LogP contribution in [0.5, 0.6) is 0 Å². The average molecular weight is 233 g/mol. The number of halogens is 1. The number of carbonyl (C=O) groups excluding carboxylic acids is 1. The Morgan fingerprint density at radius 1 is 1.19 bits per heavy atom. The molecular weight excluding hydrogens is 220 g/mol. The van der Waals surface area contributed by atoms with E-state index < -0.39 is 5.38 Å². The van der Waals surface area contributed by atoms with Crippen LogP contribution >= 0.6 is 11.6 Å². The summed E-state index contributed by atoms with van der Waals surface area (Å²) in [5, 5.41) is 1.94. The number of fused-ring (bicyclic) bond motifs is 1. The topological polar surface area (TPSA) is 17.1 Å². The molecular formula is C14H13ClO. The van der Waals surface area contributed by atoms with Gasteiger partial charge in [0.25, 0.3) is 0 Å². The molecule has 0 saturated heterocycles. The SMILES string of the molecule is CC(=O)C(Cl)Cc1cccc2ccccc12. The Kier molecular flexibility index (Phi) is 3.25. The van der Waals surface area contributed by atoms with Gasteiger partial charge in [-0.05, 0) is 29.7 Å². The number of alkyl halides is 1. The van der Waals surface area contributed by atoms with Gasteiger partial charge in [-0.2, -0.15) is 0 Å². The van der Waals surface area contributed by atoms with E-state index in [0.29, 0.717) is 6.42 Å². The lowest BCUT2D eigenvalue weighted by Crippen LogP contribution is -2.13. The van der Waals surface area contributed by atoms with E-state index in [1.165, 1.54) is 17.7 Å². The van der Waals surface area contributed by atoms with E-state index in [-0.39, 0.29) is 5.78 Å². The van der Waals surface area contributed by atoms with Crippen molar-refractivity contribution < 1.29 is 4.79 Å². The molecule has 0 bridgehead atoms. The number of hydrogen-bond acceptors (Lipinski definition) is 1. The van der Waals surface area contributed by atoms with Crippen LogP contribution in [0.1, 0.15) is 12.5 Å². The molecule has 0 fully saturated rings. The Morgan fingerprint density at radius 2 is 1.88 bits per heavy atom. The van der Waals surface area contributed by atoms with Crippen molar-refractivity contribution >= 4 is 28.2 Å². The first kappa shape index (κ1) is 11.2. The van der Waals surface area contributed by atoms with Crippen LogP contribution in [0, 0.1) is 0 Å². The predicted molar refractivity (Wildman–Crippen MR) is 68.0 cm³/mol. The minimum absolute atomic E-state index is 0.0228. The van der Waals surface area contributed by atoms with Crippen molar-refractivity contribution in [1.29, 1.82) is 0 Å². The molecule has 0 saturated carbocycles. The van der Waals surface area contributed by atoms with Gasteiger partial charge in [-0.1, -0.05) is 42.5 Å². The van der Waals surface area contributed by atoms with Gasteiger partial charge in [0, 0.05) is 0 Å². The van der Waals surface area contributed by atoms with Crippen LogP contribution in [0.3, 0.4) is 0 Å². The van der Waals surface area contributed by atoms with Gasteiger partial charge in [-0.25, -0.2) is 0 Å². The van der Waals surface area contributed by atoms with E-state index in [0.717, 1.165) is 5.56 Å². The first-order chi connectivity index (χ1) is 7.68. The Balaban J connectivity index is 2.41. The van der Waals surface area contributed by atoms with Crippen LogP contribution in [-0.4, -0.2) is 11.2 Å². The number of benzene rings is 2. The van der Waals surface area contributed by atoms with Crippen molar-refractivity contribution in [3.63, 3.8) is 0 Å². The third kappa shape index (κ3) is 2.25. The summed E-state index contributed by atoms with van der Waals surface area (Å²) < 4.78 is 0. The van der Waals surface area contributed by atoms with Crippen LogP contribution in [0.15, 0.2) is 42.5 Å². The highest BCUT2D eigenvalue weighted by Crippen LogP contribution is 2.21. The van der Waals surface area contributed by atoms with Crippen molar-refractivity contribution in [2.45, 2.75) is 18.7 Å². The molecule has 1 atom stereocenters. The smallest absolute Gasteiger partial charge is 0.147 e. The summed E-state index contributed by atoms with van der Waals surface area (Å²) in [5.74, 6) is 0.0228. The molecule has 0 spiro atoms. The highest BCUT2D eigenvalue weighted by atomic mass is 35.5. The van der Waals surface area contributed by atoms with Crippen molar-refractivity contribution in [3.05, 3.63) is 48.0 Å². The molecule has 16 heavy (non-hydrogen) atoms. The highest BCUT2D eigenvalue weighted by Gasteiger charge is 2.12. The van der Waals surface area contributed by atoms with Gasteiger partial charge in [0.1, 0.15) is 5.78 Å². The van der Waals surface area contributed by atoms with Crippen LogP contribution in [0.2, 0.25) is 0 Å². The maximum absolute atomic E-state index is 11.2. The van der Waals surface area contributed by atoms with E-state index in [1.807, 2.05) is 24.3 Å². The molecule has 2 heteroatoms. The number of hydrogen-bond donors (Lipinski definition) is 0. The molecule has 0 heterocycles. The van der Waals surface area contributed by atoms with E-state index in [1.54, 1.807) is 0 Å². The lowest BCUT2D eigenvalue weighted by Gasteiger charge is -2.08. The van der Waals surface area contributed by atoms with Gasteiger partial charge in [0.05, 0.1) is 5.38 Å². The maximum atomic E-state index is 11.2. The standard InChI is InChI=1S/C14H13ClO/c1-10(16)14(15)9-12-7-4-6-11-5-2-3-8-13(11)12/h2-8,14H,9H2,1H3. The van der Waals surface area contributed by atoms with Crippen molar-refractivity contribution in [2.24, 2.45) is 0 Å². The average Bonchev–Trinajstić information content (AvgIpc) is 2.29. The zero-order valence-corrected chi connectivity index (χ0v) is 9.87. The van der Waals surface area contributed by atoms with Gasteiger partial charge in [0.15, 0.2) is 0 Å². The van der Waals surface area contributed by atoms with Crippen LogP contribution in [0.25, 0.3) is 10.8 Å². The third-order valence-electron chi connectivity index (χ3n) is 2.72. The molecule has 2 aromatic carbocycles. The molecule has 2 rings (SSSR count). The fourth-order valence-corrected chi connectivity index (χ4v) is 1.97. The summed E-state index contributed by atoms with van der Waals surface area (Å²) in [5.41, 5.74) is 1.13. The number of carbonyl (C=O) groups is 1. The molecule has 1 nitrogen and oxygen atoms in total. The molecule has 0 aromatic heterocycles. The normalized spacial score (nSPS) is 12.6. The van der Waals surface area contributed by atoms with Gasteiger partial charge in [0.2, 0.25) is 0 Å². The summed E-state index contributed by atoms with van der Waals surface area (Å²) in [4.78, 5) is 11.2. The molecule has 0 N–H and O–H groups in total. The van der Waals surface area contributed by atoms with Crippen molar-refractivity contribution in [3.8, 4) is 0 Å². The monoisotopic (exact) mass is 232 g/mol. The quantitative estimate of drug-likeness (QED) is 0.740. The van der Waals surface area contributed by atoms with E-state index in [4.69, 9.17) is 11.6 Å². The predicted octanol–water partition coefficient (Wildman–Crippen LogP) is 3.58. The van der Waals surface area contributed by atoms with E-state index in [2.05, 4.69) is 18.2 Å². The molecule has 82 valence electrons. The zero-order chi connectivity index (χ0) is 11.5. The first-order valence-corrected chi connectivity index (χ1v) is 5.73. The van der Waals surface area contributed by atoms with Crippen molar-refractivity contribution in [1.82, 2.24) is 0 Å². The van der Waals surface area contributed by atoms with Crippen LogP contribution in [0.4, 0.5) is 0 Å². The number of ketones is 1. The molecule has 0 aliphatic rings. The second-order valence-electron chi connectivity index (χ2n) is 3.92. The van der Waals surface area contributed by atoms with E-state index in [9.17, 15) is 4.79 Å². The van der Waals surface area contributed by atoms with Gasteiger partial charge < -0.3 is 0 Å². The summed E-state index contributed by atoms with van der Waals surface area (Å²) in [6.07, 6.45) is 0.595. The highest BCUT2D eigenvalue weighted by molar-refractivity contribution is 6.31. The van der Waals surface area contributed by atoms with Gasteiger partial charge >= 0.3 is 0 Å². The van der Waals surface area contributed by atoms with E-state index >= 15 is 0 Å². The largest absolute Gasteiger partial charge is 0.298 e. The van der Waals surface area contributed by atoms with Crippen molar-refractivity contribution in [2.75, 3.05) is 0 Å². The number of Topliss-reactive ketones (excluding diaryl/α,β-unsaturated/α-hetero) is 1. The molecule has 2 aromatic rings. The second kappa shape index (κ2) is 4.67. The molecule has 0 aliphatic carbocycles.